The third-order valence-electron chi connectivity index (χ3n) is 4.12. The standard InChI is InChI=1S/C22H21BrN2O3/c1-3-27-18-11-8-16(9-12-18)15(2)24-25-21(26)14-28-20-13-10-17-6-4-5-7-19(17)22(20)23/h4-13H,3,14H2,1-2H3,(H,25,26)/b24-15+. The first-order valence-electron chi connectivity index (χ1n) is 8.95. The monoisotopic (exact) mass is 440 g/mol. The zero-order valence-electron chi connectivity index (χ0n) is 15.7. The van der Waals surface area contributed by atoms with E-state index in [2.05, 4.69) is 26.5 Å². The summed E-state index contributed by atoms with van der Waals surface area (Å²) < 4.78 is 11.9. The minimum Gasteiger partial charge on any atom is -0.494 e. The van der Waals surface area contributed by atoms with Crippen LogP contribution in [-0.2, 0) is 4.79 Å². The van der Waals surface area contributed by atoms with Gasteiger partial charge in [0.2, 0.25) is 0 Å². The van der Waals surface area contributed by atoms with Gasteiger partial charge in [-0.3, -0.25) is 4.79 Å². The summed E-state index contributed by atoms with van der Waals surface area (Å²) in [6, 6.07) is 19.3. The average molecular weight is 441 g/mol. The quantitative estimate of drug-likeness (QED) is 0.418. The Bertz CT molecular complexity index is 1000. The predicted molar refractivity (Wildman–Crippen MR) is 115 cm³/mol. The summed E-state index contributed by atoms with van der Waals surface area (Å²) in [5.74, 6) is 1.09. The van der Waals surface area contributed by atoms with E-state index in [1.54, 1.807) is 0 Å². The van der Waals surface area contributed by atoms with Crippen molar-refractivity contribution in [1.29, 1.82) is 0 Å². The molecule has 0 unspecified atom stereocenters. The highest BCUT2D eigenvalue weighted by molar-refractivity contribution is 9.10. The third-order valence-corrected chi connectivity index (χ3v) is 4.94. The van der Waals surface area contributed by atoms with Gasteiger partial charge < -0.3 is 9.47 Å². The van der Waals surface area contributed by atoms with Crippen molar-refractivity contribution in [3.8, 4) is 11.5 Å². The smallest absolute Gasteiger partial charge is 0.277 e. The van der Waals surface area contributed by atoms with Crippen molar-refractivity contribution in [3.63, 3.8) is 0 Å². The van der Waals surface area contributed by atoms with Crippen LogP contribution in [0.5, 0.6) is 11.5 Å². The predicted octanol–water partition coefficient (Wildman–Crippen LogP) is 4.92. The van der Waals surface area contributed by atoms with Gasteiger partial charge in [0.25, 0.3) is 5.91 Å². The summed E-state index contributed by atoms with van der Waals surface area (Å²) in [7, 11) is 0. The van der Waals surface area contributed by atoms with E-state index >= 15 is 0 Å². The fraction of sp³-hybridized carbons (Fsp3) is 0.182. The van der Waals surface area contributed by atoms with Crippen molar-refractivity contribution < 1.29 is 14.3 Å². The number of carbonyl (C=O) groups is 1. The van der Waals surface area contributed by atoms with Crippen LogP contribution in [0.1, 0.15) is 19.4 Å². The summed E-state index contributed by atoms with van der Waals surface area (Å²) in [5.41, 5.74) is 4.13. The first kappa shape index (κ1) is 19.9. The number of fused-ring (bicyclic) bond motifs is 1. The summed E-state index contributed by atoms with van der Waals surface area (Å²) in [6.07, 6.45) is 0. The highest BCUT2D eigenvalue weighted by Crippen LogP contribution is 2.32. The van der Waals surface area contributed by atoms with E-state index < -0.39 is 0 Å². The van der Waals surface area contributed by atoms with E-state index in [1.165, 1.54) is 0 Å². The Balaban J connectivity index is 1.58. The van der Waals surface area contributed by atoms with Gasteiger partial charge in [-0.05, 0) is 76.4 Å². The molecule has 0 aliphatic heterocycles. The molecule has 6 heteroatoms. The van der Waals surface area contributed by atoms with Crippen LogP contribution >= 0.6 is 15.9 Å². The van der Waals surface area contributed by atoms with Crippen LogP contribution in [-0.4, -0.2) is 24.8 Å². The molecular weight excluding hydrogens is 420 g/mol. The average Bonchev–Trinajstić information content (AvgIpc) is 2.72. The topological polar surface area (TPSA) is 59.9 Å². The molecule has 3 aromatic rings. The first-order valence-corrected chi connectivity index (χ1v) is 9.74. The highest BCUT2D eigenvalue weighted by atomic mass is 79.9. The van der Waals surface area contributed by atoms with E-state index in [4.69, 9.17) is 9.47 Å². The Morgan fingerprint density at radius 3 is 2.54 bits per heavy atom. The van der Waals surface area contributed by atoms with Crippen LogP contribution in [0.25, 0.3) is 10.8 Å². The molecule has 28 heavy (non-hydrogen) atoms. The molecule has 0 aliphatic carbocycles. The second-order valence-electron chi connectivity index (χ2n) is 6.08. The number of hydrogen-bond acceptors (Lipinski definition) is 4. The molecule has 0 saturated heterocycles. The lowest BCUT2D eigenvalue weighted by atomic mass is 10.1. The van der Waals surface area contributed by atoms with Crippen LogP contribution in [0.4, 0.5) is 0 Å². The number of ether oxygens (including phenoxy) is 2. The van der Waals surface area contributed by atoms with Crippen molar-refractivity contribution in [2.75, 3.05) is 13.2 Å². The largest absolute Gasteiger partial charge is 0.494 e. The lowest BCUT2D eigenvalue weighted by Gasteiger charge is -2.10. The molecule has 1 N–H and O–H groups in total. The van der Waals surface area contributed by atoms with Gasteiger partial charge >= 0.3 is 0 Å². The number of amides is 1. The SMILES string of the molecule is CCOc1ccc(/C(C)=N/NC(=O)COc2ccc3ccccc3c2Br)cc1. The lowest BCUT2D eigenvalue weighted by Crippen LogP contribution is -2.25. The normalized spacial score (nSPS) is 11.3. The van der Waals surface area contributed by atoms with E-state index in [0.29, 0.717) is 18.1 Å². The molecular formula is C22H21BrN2O3. The van der Waals surface area contributed by atoms with E-state index in [1.807, 2.05) is 74.5 Å². The molecule has 3 aromatic carbocycles. The summed E-state index contributed by atoms with van der Waals surface area (Å²) >= 11 is 3.55. The number of hydrogen-bond donors (Lipinski definition) is 1. The molecule has 0 aromatic heterocycles. The molecule has 0 saturated carbocycles. The number of nitrogens with zero attached hydrogens (tertiary/aromatic N) is 1. The number of hydrazone groups is 1. The molecule has 0 aliphatic rings. The molecule has 0 fully saturated rings. The van der Waals surface area contributed by atoms with Crippen LogP contribution in [0.3, 0.4) is 0 Å². The van der Waals surface area contributed by atoms with Gasteiger partial charge in [0.05, 0.1) is 16.8 Å². The van der Waals surface area contributed by atoms with Crippen LogP contribution < -0.4 is 14.9 Å². The fourth-order valence-corrected chi connectivity index (χ4v) is 3.28. The minimum absolute atomic E-state index is 0.128. The van der Waals surface area contributed by atoms with Crippen molar-refractivity contribution in [3.05, 3.63) is 70.7 Å². The molecule has 0 atom stereocenters. The second kappa shape index (κ2) is 9.37. The van der Waals surface area contributed by atoms with Crippen LogP contribution in [0.15, 0.2) is 70.2 Å². The van der Waals surface area contributed by atoms with E-state index in [9.17, 15) is 4.79 Å². The number of rotatable bonds is 7. The molecule has 0 radical (unpaired) electrons. The van der Waals surface area contributed by atoms with Gasteiger partial charge in [-0.1, -0.05) is 30.3 Å². The molecule has 0 spiro atoms. The summed E-state index contributed by atoms with van der Waals surface area (Å²) in [4.78, 5) is 12.1. The maximum atomic E-state index is 12.1. The van der Waals surface area contributed by atoms with Crippen molar-refractivity contribution in [2.45, 2.75) is 13.8 Å². The summed E-state index contributed by atoms with van der Waals surface area (Å²) in [6.45, 7) is 4.26. The van der Waals surface area contributed by atoms with E-state index in [-0.39, 0.29) is 12.5 Å². The maximum Gasteiger partial charge on any atom is 0.277 e. The van der Waals surface area contributed by atoms with Gasteiger partial charge in [-0.25, -0.2) is 5.43 Å². The zero-order valence-corrected chi connectivity index (χ0v) is 17.3. The van der Waals surface area contributed by atoms with Gasteiger partial charge in [0.15, 0.2) is 6.61 Å². The molecule has 5 nitrogen and oxygen atoms in total. The Kier molecular flexibility index (Phi) is 6.66. The first-order chi connectivity index (χ1) is 13.6. The summed E-state index contributed by atoms with van der Waals surface area (Å²) in [5, 5.41) is 6.27. The maximum absolute atomic E-state index is 12.1. The molecule has 0 bridgehead atoms. The van der Waals surface area contributed by atoms with Gasteiger partial charge in [0, 0.05) is 0 Å². The third kappa shape index (κ3) is 4.89. The number of benzene rings is 3. The number of halogens is 1. The van der Waals surface area contributed by atoms with Crippen molar-refractivity contribution >= 4 is 38.3 Å². The van der Waals surface area contributed by atoms with Crippen molar-refractivity contribution in [2.24, 2.45) is 5.10 Å². The second-order valence-corrected chi connectivity index (χ2v) is 6.87. The van der Waals surface area contributed by atoms with E-state index in [0.717, 1.165) is 26.6 Å². The highest BCUT2D eigenvalue weighted by Gasteiger charge is 2.08. The minimum atomic E-state index is -0.328. The Labute approximate surface area is 172 Å². The Morgan fingerprint density at radius 1 is 1.04 bits per heavy atom. The fourth-order valence-electron chi connectivity index (χ4n) is 2.67. The van der Waals surface area contributed by atoms with Crippen molar-refractivity contribution in [1.82, 2.24) is 5.43 Å². The molecule has 1 amide bonds. The van der Waals surface area contributed by atoms with Gasteiger partial charge in [0.1, 0.15) is 11.5 Å². The number of nitrogens with one attached hydrogen (secondary N) is 1. The zero-order chi connectivity index (χ0) is 19.9. The van der Waals surface area contributed by atoms with Crippen LogP contribution in [0.2, 0.25) is 0 Å². The van der Waals surface area contributed by atoms with Crippen LogP contribution in [0, 0.1) is 0 Å². The molecule has 3 rings (SSSR count). The van der Waals surface area contributed by atoms with Gasteiger partial charge in [-0.2, -0.15) is 5.10 Å². The molecule has 0 heterocycles. The molecule has 144 valence electrons. The van der Waals surface area contributed by atoms with Gasteiger partial charge in [-0.15, -0.1) is 0 Å². The lowest BCUT2D eigenvalue weighted by molar-refractivity contribution is -0.123. The Morgan fingerprint density at radius 2 is 1.79 bits per heavy atom. The number of carbonyl (C=O) groups excluding carboxylic acids is 1. The Hall–Kier alpha value is -2.86.